The van der Waals surface area contributed by atoms with E-state index in [1.807, 2.05) is 0 Å². The Balaban J connectivity index is 3.19. The zero-order chi connectivity index (χ0) is 12.7. The van der Waals surface area contributed by atoms with Crippen molar-refractivity contribution in [3.63, 3.8) is 0 Å². The Morgan fingerprint density at radius 3 is 2.31 bits per heavy atom. The molecular formula is C9H17NO5S. The van der Waals surface area contributed by atoms with Gasteiger partial charge in [-0.1, -0.05) is 20.8 Å². The van der Waals surface area contributed by atoms with E-state index in [0.29, 0.717) is 10.7 Å². The Hall–Kier alpha value is -0.820. The highest BCUT2D eigenvalue weighted by molar-refractivity contribution is 7.85. The van der Waals surface area contributed by atoms with Crippen LogP contribution < -0.4 is 0 Å². The lowest BCUT2D eigenvalue weighted by atomic mass is 9.83. The molecule has 0 aromatic heterocycles. The summed E-state index contributed by atoms with van der Waals surface area (Å²) >= 11 is 0. The molecule has 1 fully saturated rings. The van der Waals surface area contributed by atoms with Gasteiger partial charge in [0.25, 0.3) is 0 Å². The largest absolute Gasteiger partial charge is 0.464 e. The van der Waals surface area contributed by atoms with Crippen molar-refractivity contribution in [2.75, 3.05) is 0 Å². The van der Waals surface area contributed by atoms with Gasteiger partial charge in [-0.05, 0) is 18.8 Å². The van der Waals surface area contributed by atoms with E-state index < -0.39 is 34.0 Å². The average molecular weight is 251 g/mol. The van der Waals surface area contributed by atoms with Crippen molar-refractivity contribution in [3.05, 3.63) is 0 Å². The average Bonchev–Trinajstić information content (AvgIpc) is 1.97. The van der Waals surface area contributed by atoms with Crippen molar-refractivity contribution < 1.29 is 22.5 Å². The van der Waals surface area contributed by atoms with E-state index in [9.17, 15) is 13.2 Å². The van der Waals surface area contributed by atoms with E-state index in [1.165, 1.54) is 0 Å². The molecule has 1 aliphatic rings. The lowest BCUT2D eigenvalue weighted by Crippen LogP contribution is -2.55. The van der Waals surface area contributed by atoms with Crippen LogP contribution in [-0.4, -0.2) is 36.1 Å². The highest BCUT2D eigenvalue weighted by atomic mass is 32.2. The van der Waals surface area contributed by atoms with Crippen LogP contribution in [0, 0.1) is 5.41 Å². The van der Waals surface area contributed by atoms with Gasteiger partial charge in [0.1, 0.15) is 0 Å². The van der Waals surface area contributed by atoms with Crippen molar-refractivity contribution in [1.29, 1.82) is 0 Å². The van der Waals surface area contributed by atoms with Crippen LogP contribution in [0.25, 0.3) is 0 Å². The predicted octanol–water partition coefficient (Wildman–Crippen LogP) is 1.43. The molecule has 7 heteroatoms. The topological polar surface area (TPSA) is 83.9 Å². The summed E-state index contributed by atoms with van der Waals surface area (Å²) in [5.74, 6) is 0. The van der Waals surface area contributed by atoms with Gasteiger partial charge in [0, 0.05) is 0 Å². The first kappa shape index (κ1) is 13.2. The number of carbonyl (C=O) groups is 1. The van der Waals surface area contributed by atoms with E-state index in [2.05, 4.69) is 0 Å². The molecule has 0 spiro atoms. The molecule has 0 radical (unpaired) electrons. The lowest BCUT2D eigenvalue weighted by Gasteiger charge is -2.42. The fraction of sp³-hybridized carbons (Fsp3) is 0.889. The quantitative estimate of drug-likeness (QED) is 0.704. The maximum absolute atomic E-state index is 11.6. The van der Waals surface area contributed by atoms with E-state index >= 15 is 0 Å². The molecule has 0 aromatic carbocycles. The Morgan fingerprint density at radius 1 is 1.44 bits per heavy atom. The molecule has 0 bridgehead atoms. The van der Waals surface area contributed by atoms with Gasteiger partial charge < -0.3 is 5.11 Å². The number of rotatable bonds is 0. The summed E-state index contributed by atoms with van der Waals surface area (Å²) in [5.41, 5.74) is -0.455. The second-order valence-electron chi connectivity index (χ2n) is 5.06. The van der Waals surface area contributed by atoms with Crippen molar-refractivity contribution in [1.82, 2.24) is 4.31 Å². The third kappa shape index (κ3) is 2.46. The van der Waals surface area contributed by atoms with Gasteiger partial charge in [-0.15, -0.1) is 0 Å². The maximum Gasteiger partial charge on any atom is 0.423 e. The van der Waals surface area contributed by atoms with Gasteiger partial charge in [0.05, 0.1) is 12.1 Å². The van der Waals surface area contributed by atoms with Crippen LogP contribution in [0.4, 0.5) is 4.79 Å². The molecule has 16 heavy (non-hydrogen) atoms. The third-order valence-electron chi connectivity index (χ3n) is 2.55. The zero-order valence-electron chi connectivity index (χ0n) is 9.80. The Kier molecular flexibility index (Phi) is 3.22. The summed E-state index contributed by atoms with van der Waals surface area (Å²) in [6, 6.07) is -0.598. The Bertz CT molecular complexity index is 383. The molecule has 1 heterocycles. The summed E-state index contributed by atoms with van der Waals surface area (Å²) in [5, 5.41) is 8.96. The van der Waals surface area contributed by atoms with Gasteiger partial charge in [0.15, 0.2) is 0 Å². The SMILES string of the molecule is C[C@@H]1CC(C(C)(C)C)N(C(=O)O)S(=O)(=O)O1. The maximum atomic E-state index is 11.6. The number of hydrogen-bond acceptors (Lipinski definition) is 4. The van der Waals surface area contributed by atoms with Crippen molar-refractivity contribution in [3.8, 4) is 0 Å². The number of nitrogens with zero attached hydrogens (tertiary/aromatic N) is 1. The van der Waals surface area contributed by atoms with Gasteiger partial charge in [0.2, 0.25) is 0 Å². The Morgan fingerprint density at radius 2 is 1.94 bits per heavy atom. The van der Waals surface area contributed by atoms with Crippen LogP contribution in [0.5, 0.6) is 0 Å². The molecule has 94 valence electrons. The van der Waals surface area contributed by atoms with E-state index in [1.54, 1.807) is 27.7 Å². The van der Waals surface area contributed by atoms with Gasteiger partial charge in [-0.2, -0.15) is 12.7 Å². The molecule has 1 amide bonds. The van der Waals surface area contributed by atoms with E-state index in [4.69, 9.17) is 9.29 Å². The first-order chi connectivity index (χ1) is 7.05. The minimum absolute atomic E-state index is 0.370. The standard InChI is InChI=1S/C9H17NO5S/c1-6-5-7(9(2,3)4)10(8(11)12)16(13,14)15-6/h6-7H,5H2,1-4H3,(H,11,12)/t6-,7?/m1/s1. The molecule has 0 aliphatic carbocycles. The summed E-state index contributed by atoms with van der Waals surface area (Å²) in [7, 11) is -4.17. The monoisotopic (exact) mass is 251 g/mol. The fourth-order valence-electron chi connectivity index (χ4n) is 1.79. The number of carboxylic acid groups (broad SMARTS) is 1. The fourth-order valence-corrected chi connectivity index (χ4v) is 3.29. The van der Waals surface area contributed by atoms with Crippen molar-refractivity contribution in [2.24, 2.45) is 5.41 Å². The molecule has 1 aliphatic heterocycles. The van der Waals surface area contributed by atoms with Gasteiger partial charge in [-0.25, -0.2) is 4.79 Å². The van der Waals surface area contributed by atoms with Crippen LogP contribution in [0.1, 0.15) is 34.1 Å². The van der Waals surface area contributed by atoms with Crippen LogP contribution >= 0.6 is 0 Å². The normalized spacial score (nSPS) is 30.1. The molecule has 2 atom stereocenters. The minimum Gasteiger partial charge on any atom is -0.464 e. The summed E-state index contributed by atoms with van der Waals surface area (Å²) in [4.78, 5) is 11.0. The van der Waals surface area contributed by atoms with Crippen LogP contribution in [-0.2, 0) is 14.5 Å². The highest BCUT2D eigenvalue weighted by Crippen LogP contribution is 2.34. The summed E-state index contributed by atoms with van der Waals surface area (Å²) in [6.45, 7) is 7.04. The molecule has 1 rings (SSSR count). The Labute approximate surface area is 95.5 Å². The molecule has 1 saturated heterocycles. The molecule has 1 N–H and O–H groups in total. The first-order valence-corrected chi connectivity index (χ1v) is 6.38. The van der Waals surface area contributed by atoms with Crippen molar-refractivity contribution >= 4 is 16.4 Å². The number of amides is 1. The molecule has 0 saturated carbocycles. The minimum atomic E-state index is -4.17. The molecular weight excluding hydrogens is 234 g/mol. The lowest BCUT2D eigenvalue weighted by molar-refractivity contribution is 0.0559. The number of hydrogen-bond donors (Lipinski definition) is 1. The van der Waals surface area contributed by atoms with E-state index in [-0.39, 0.29) is 0 Å². The van der Waals surface area contributed by atoms with Crippen LogP contribution in [0.15, 0.2) is 0 Å². The second kappa shape index (κ2) is 3.89. The zero-order valence-corrected chi connectivity index (χ0v) is 10.6. The van der Waals surface area contributed by atoms with Crippen molar-refractivity contribution in [2.45, 2.75) is 46.3 Å². The summed E-state index contributed by atoms with van der Waals surface area (Å²) < 4.78 is 28.3. The van der Waals surface area contributed by atoms with E-state index in [0.717, 1.165) is 0 Å². The molecule has 0 aromatic rings. The second-order valence-corrected chi connectivity index (χ2v) is 6.50. The highest BCUT2D eigenvalue weighted by Gasteiger charge is 2.46. The summed E-state index contributed by atoms with van der Waals surface area (Å²) in [6.07, 6.45) is -1.62. The van der Waals surface area contributed by atoms with Crippen LogP contribution in [0.3, 0.4) is 0 Å². The van der Waals surface area contributed by atoms with Gasteiger partial charge in [-0.3, -0.25) is 4.18 Å². The smallest absolute Gasteiger partial charge is 0.423 e. The predicted molar refractivity (Wildman–Crippen MR) is 57.2 cm³/mol. The molecule has 6 nitrogen and oxygen atoms in total. The third-order valence-corrected chi connectivity index (χ3v) is 4.02. The first-order valence-electron chi connectivity index (χ1n) is 5.01. The molecule has 1 unspecified atom stereocenters. The van der Waals surface area contributed by atoms with Gasteiger partial charge >= 0.3 is 16.4 Å². The van der Waals surface area contributed by atoms with Crippen LogP contribution in [0.2, 0.25) is 0 Å².